The highest BCUT2D eigenvalue weighted by Gasteiger charge is 2.27. The summed E-state index contributed by atoms with van der Waals surface area (Å²) in [5.41, 5.74) is 5.45. The van der Waals surface area contributed by atoms with Crippen molar-refractivity contribution in [1.29, 1.82) is 0 Å². The molecule has 4 nitrogen and oxygen atoms in total. The molecule has 4 N–H and O–H groups in total. The molecule has 0 fully saturated rings. The number of hydrogen-bond donors (Lipinski definition) is 3. The van der Waals surface area contributed by atoms with Crippen LogP contribution in [0.5, 0.6) is 0 Å². The Hall–Kier alpha value is -0.610. The normalized spacial score (nSPS) is 16.5. The summed E-state index contributed by atoms with van der Waals surface area (Å²) in [7, 11) is 0. The van der Waals surface area contributed by atoms with Crippen molar-refractivity contribution in [3.63, 3.8) is 0 Å². The van der Waals surface area contributed by atoms with Crippen molar-refractivity contribution in [2.75, 3.05) is 6.61 Å². The smallest absolute Gasteiger partial charge is 0.237 e. The van der Waals surface area contributed by atoms with E-state index in [-0.39, 0.29) is 24.0 Å². The van der Waals surface area contributed by atoms with Crippen molar-refractivity contribution in [2.24, 2.45) is 11.1 Å². The maximum Gasteiger partial charge on any atom is 0.237 e. The Morgan fingerprint density at radius 1 is 1.54 bits per heavy atom. The molecular weight excluding hydrogens is 168 g/mol. The van der Waals surface area contributed by atoms with Gasteiger partial charge in [0.05, 0.1) is 12.6 Å². The highest BCUT2D eigenvalue weighted by atomic mass is 16.3. The van der Waals surface area contributed by atoms with Gasteiger partial charge in [-0.25, -0.2) is 0 Å². The molecular formula is C9H20N2O2. The summed E-state index contributed by atoms with van der Waals surface area (Å²) in [6, 6.07) is -0.776. The van der Waals surface area contributed by atoms with Gasteiger partial charge in [-0.3, -0.25) is 4.79 Å². The molecule has 0 spiro atoms. The van der Waals surface area contributed by atoms with Crippen molar-refractivity contribution in [2.45, 2.75) is 39.8 Å². The minimum Gasteiger partial charge on any atom is -0.394 e. The molecule has 0 saturated heterocycles. The van der Waals surface area contributed by atoms with E-state index in [1.807, 2.05) is 20.8 Å². The van der Waals surface area contributed by atoms with Crippen LogP contribution in [-0.4, -0.2) is 29.7 Å². The lowest BCUT2D eigenvalue weighted by atomic mass is 9.87. The molecule has 0 radical (unpaired) electrons. The quantitative estimate of drug-likeness (QED) is 0.577. The Bertz CT molecular complexity index is 175. The number of amides is 1. The van der Waals surface area contributed by atoms with Gasteiger partial charge in [-0.2, -0.15) is 0 Å². The molecule has 13 heavy (non-hydrogen) atoms. The zero-order chi connectivity index (χ0) is 10.6. The second-order valence-electron chi connectivity index (χ2n) is 4.44. The summed E-state index contributed by atoms with van der Waals surface area (Å²) >= 11 is 0. The maximum atomic E-state index is 11.4. The van der Waals surface area contributed by atoms with Crippen LogP contribution in [0.15, 0.2) is 0 Å². The molecule has 0 aliphatic carbocycles. The molecule has 0 aromatic heterocycles. The number of carbonyl (C=O) groups is 1. The summed E-state index contributed by atoms with van der Waals surface area (Å²) in [6.45, 7) is 7.37. The molecule has 0 rings (SSSR count). The number of aliphatic hydroxyl groups excluding tert-OH is 1. The lowest BCUT2D eigenvalue weighted by Gasteiger charge is -2.26. The van der Waals surface area contributed by atoms with Crippen molar-refractivity contribution in [3.05, 3.63) is 0 Å². The minimum atomic E-state index is -0.540. The van der Waals surface area contributed by atoms with Crippen LogP contribution >= 0.6 is 0 Å². The molecule has 2 atom stereocenters. The van der Waals surface area contributed by atoms with E-state index in [1.165, 1.54) is 0 Å². The van der Waals surface area contributed by atoms with Crippen molar-refractivity contribution in [1.82, 2.24) is 5.32 Å². The Kier molecular flexibility index (Phi) is 4.36. The molecule has 0 bridgehead atoms. The average molecular weight is 188 g/mol. The van der Waals surface area contributed by atoms with Gasteiger partial charge in [0.15, 0.2) is 0 Å². The second kappa shape index (κ2) is 4.58. The monoisotopic (exact) mass is 188 g/mol. The lowest BCUT2D eigenvalue weighted by molar-refractivity contribution is -0.125. The topological polar surface area (TPSA) is 75.3 Å². The molecule has 0 aliphatic heterocycles. The fraction of sp³-hybridized carbons (Fsp3) is 0.889. The summed E-state index contributed by atoms with van der Waals surface area (Å²) in [5.74, 6) is -0.214. The number of nitrogens with one attached hydrogen (secondary N) is 1. The van der Waals surface area contributed by atoms with Crippen LogP contribution < -0.4 is 11.1 Å². The molecule has 0 unspecified atom stereocenters. The third-order valence-electron chi connectivity index (χ3n) is 1.88. The number of rotatable bonds is 3. The molecule has 0 aromatic rings. The van der Waals surface area contributed by atoms with Gasteiger partial charge in [-0.1, -0.05) is 20.8 Å². The van der Waals surface area contributed by atoms with E-state index in [9.17, 15) is 4.79 Å². The van der Waals surface area contributed by atoms with Crippen LogP contribution in [0.3, 0.4) is 0 Å². The summed E-state index contributed by atoms with van der Waals surface area (Å²) in [5, 5.41) is 11.3. The Morgan fingerprint density at radius 2 is 2.00 bits per heavy atom. The maximum absolute atomic E-state index is 11.4. The molecule has 1 amide bonds. The zero-order valence-corrected chi connectivity index (χ0v) is 8.79. The zero-order valence-electron chi connectivity index (χ0n) is 8.79. The van der Waals surface area contributed by atoms with E-state index in [1.54, 1.807) is 6.92 Å². The van der Waals surface area contributed by atoms with Gasteiger partial charge >= 0.3 is 0 Å². The Labute approximate surface area is 79.5 Å². The molecule has 0 heterocycles. The van der Waals surface area contributed by atoms with Gasteiger partial charge in [0.25, 0.3) is 0 Å². The standard InChI is InChI=1S/C9H20N2O2/c1-6(5-12)11-8(13)7(10)9(2,3)4/h6-7,12H,5,10H2,1-4H3,(H,11,13)/t6-,7+/m0/s1. The average Bonchev–Trinajstić information content (AvgIpc) is 2.01. The highest BCUT2D eigenvalue weighted by molar-refractivity contribution is 5.82. The van der Waals surface area contributed by atoms with Gasteiger partial charge in [-0.15, -0.1) is 0 Å². The van der Waals surface area contributed by atoms with Crippen LogP contribution in [0.25, 0.3) is 0 Å². The Balaban J connectivity index is 4.12. The predicted molar refractivity (Wildman–Crippen MR) is 52.1 cm³/mol. The van der Waals surface area contributed by atoms with Crippen LogP contribution in [0.1, 0.15) is 27.7 Å². The van der Waals surface area contributed by atoms with Gasteiger partial charge < -0.3 is 16.2 Å². The predicted octanol–water partition coefficient (Wildman–Crippen LogP) is -0.143. The first-order chi connectivity index (χ1) is 5.79. The Morgan fingerprint density at radius 3 is 2.31 bits per heavy atom. The molecule has 0 aliphatic rings. The van der Waals surface area contributed by atoms with Crippen LogP contribution in [0.4, 0.5) is 0 Å². The second-order valence-corrected chi connectivity index (χ2v) is 4.44. The first-order valence-electron chi connectivity index (χ1n) is 4.46. The van der Waals surface area contributed by atoms with Crippen molar-refractivity contribution >= 4 is 5.91 Å². The fourth-order valence-electron chi connectivity index (χ4n) is 0.772. The number of nitrogens with two attached hydrogens (primary N) is 1. The third kappa shape index (κ3) is 4.24. The third-order valence-corrected chi connectivity index (χ3v) is 1.88. The van der Waals surface area contributed by atoms with Crippen molar-refractivity contribution in [3.8, 4) is 0 Å². The summed E-state index contributed by atoms with van der Waals surface area (Å²) in [4.78, 5) is 11.4. The van der Waals surface area contributed by atoms with Crippen LogP contribution in [-0.2, 0) is 4.79 Å². The van der Waals surface area contributed by atoms with E-state index in [2.05, 4.69) is 5.32 Å². The molecule has 0 aromatic carbocycles. The lowest BCUT2D eigenvalue weighted by Crippen LogP contribution is -2.51. The highest BCUT2D eigenvalue weighted by Crippen LogP contribution is 2.17. The first-order valence-corrected chi connectivity index (χ1v) is 4.46. The number of aliphatic hydroxyl groups is 1. The van der Waals surface area contributed by atoms with E-state index in [0.717, 1.165) is 0 Å². The van der Waals surface area contributed by atoms with Gasteiger partial charge in [0, 0.05) is 6.04 Å². The number of hydrogen-bond acceptors (Lipinski definition) is 3. The molecule has 0 saturated carbocycles. The minimum absolute atomic E-state index is 0.0669. The van der Waals surface area contributed by atoms with Gasteiger partial charge in [-0.05, 0) is 12.3 Å². The van der Waals surface area contributed by atoms with Crippen LogP contribution in [0, 0.1) is 5.41 Å². The summed E-state index contributed by atoms with van der Waals surface area (Å²) in [6.07, 6.45) is 0. The van der Waals surface area contributed by atoms with Crippen molar-refractivity contribution < 1.29 is 9.90 Å². The van der Waals surface area contributed by atoms with E-state index in [0.29, 0.717) is 0 Å². The van der Waals surface area contributed by atoms with Gasteiger partial charge in [0.2, 0.25) is 5.91 Å². The van der Waals surface area contributed by atoms with Crippen LogP contribution in [0.2, 0.25) is 0 Å². The SMILES string of the molecule is C[C@@H](CO)NC(=O)[C@@H](N)C(C)(C)C. The van der Waals surface area contributed by atoms with E-state index >= 15 is 0 Å². The van der Waals surface area contributed by atoms with E-state index in [4.69, 9.17) is 10.8 Å². The molecule has 78 valence electrons. The molecule has 4 heteroatoms. The fourth-order valence-corrected chi connectivity index (χ4v) is 0.772. The van der Waals surface area contributed by atoms with E-state index < -0.39 is 6.04 Å². The summed E-state index contributed by atoms with van der Waals surface area (Å²) < 4.78 is 0. The largest absolute Gasteiger partial charge is 0.394 e. The first kappa shape index (κ1) is 12.4. The van der Waals surface area contributed by atoms with Gasteiger partial charge in [0.1, 0.15) is 0 Å². The number of carbonyl (C=O) groups excluding carboxylic acids is 1.